The maximum atomic E-state index is 13.8. The summed E-state index contributed by atoms with van der Waals surface area (Å²) in [5.74, 6) is -3.10. The van der Waals surface area contributed by atoms with E-state index in [1.807, 2.05) is 0 Å². The predicted octanol–water partition coefficient (Wildman–Crippen LogP) is 7.24. The smallest absolute Gasteiger partial charge is 0.461 e. The summed E-state index contributed by atoms with van der Waals surface area (Å²) in [6.45, 7) is 7.73. The van der Waals surface area contributed by atoms with Crippen LogP contribution in [0.1, 0.15) is 63.9 Å². The van der Waals surface area contributed by atoms with Crippen molar-refractivity contribution < 1.29 is 79.6 Å². The number of imide groups is 4. The number of carbonyl (C=O) groups is 7. The second-order valence-electron chi connectivity index (χ2n) is 13.5. The molecule has 0 aliphatic heterocycles. The van der Waals surface area contributed by atoms with E-state index in [-0.39, 0.29) is 92.9 Å². The van der Waals surface area contributed by atoms with Gasteiger partial charge in [0.1, 0.15) is 0 Å². The Hall–Kier alpha value is -8.07. The number of hydrogen-bond donors (Lipinski definition) is 1. The Morgan fingerprint density at radius 2 is 1.31 bits per heavy atom. The van der Waals surface area contributed by atoms with Gasteiger partial charge in [0, 0.05) is 12.2 Å². The molecule has 28 heteroatoms. The van der Waals surface area contributed by atoms with Crippen molar-refractivity contribution in [2.75, 3.05) is 60.7 Å². The van der Waals surface area contributed by atoms with Crippen LogP contribution in [0.2, 0.25) is 5.02 Å². The molecule has 0 spiro atoms. The van der Waals surface area contributed by atoms with E-state index >= 15 is 0 Å². The molecule has 5 aromatic rings. The number of amides is 6. The molecule has 0 fully saturated rings. The maximum absolute atomic E-state index is 13.8. The van der Waals surface area contributed by atoms with Crippen LogP contribution in [0.25, 0.3) is 17.4 Å². The molecule has 0 aliphatic carbocycles. The molecule has 0 bridgehead atoms. The minimum atomic E-state index is -4.63. The summed E-state index contributed by atoms with van der Waals surface area (Å²) < 4.78 is 71.4. The fourth-order valence-corrected chi connectivity index (χ4v) is 7.41. The highest BCUT2D eigenvalue weighted by molar-refractivity contribution is 7.92. The van der Waals surface area contributed by atoms with E-state index < -0.39 is 79.7 Å². The van der Waals surface area contributed by atoms with Crippen LogP contribution in [-0.4, -0.2) is 127 Å². The van der Waals surface area contributed by atoms with Gasteiger partial charge in [-0.05, 0) is 96.3 Å². The van der Waals surface area contributed by atoms with Crippen LogP contribution in [0, 0.1) is 0 Å². The van der Waals surface area contributed by atoms with Crippen molar-refractivity contribution in [3.05, 3.63) is 70.9 Å². The van der Waals surface area contributed by atoms with Gasteiger partial charge in [-0.3, -0.25) is 9.52 Å². The molecule has 70 heavy (non-hydrogen) atoms. The lowest BCUT2D eigenvalue weighted by Gasteiger charge is -2.22. The SMILES string of the molecule is CCOC(=O)Oc1c(Cl)cc(S(=O)(=O)Nc2ccc(CCCN(C(=O)OCC)c3nc(N(C(=O)OCC)C(=O)OCC)n4nc(-c5ccco5)nc4n3)cc2)cc1C(=O)N(C(=O)OCC)C(=O)OCC. The number of hydrogen-bond acceptors (Lipinski definition) is 21. The Kier molecular flexibility index (Phi) is 18.3. The quantitative estimate of drug-likeness (QED) is 0.0513. The maximum Gasteiger partial charge on any atom is 0.513 e. The number of halogens is 1. The molecule has 1 N–H and O–H groups in total. The van der Waals surface area contributed by atoms with Gasteiger partial charge >= 0.3 is 36.6 Å². The zero-order chi connectivity index (χ0) is 51.1. The van der Waals surface area contributed by atoms with E-state index in [1.165, 1.54) is 53.0 Å². The summed E-state index contributed by atoms with van der Waals surface area (Å²) in [5, 5.41) is 3.73. The van der Waals surface area contributed by atoms with Crippen LogP contribution in [-0.2, 0) is 44.9 Å². The number of fused-ring (bicyclic) bond motifs is 1. The molecular weight excluding hydrogens is 970 g/mol. The third kappa shape index (κ3) is 12.7. The Bertz CT molecular complexity index is 2790. The first-order valence-electron chi connectivity index (χ1n) is 21.3. The molecule has 26 nitrogen and oxygen atoms in total. The van der Waals surface area contributed by atoms with Gasteiger partial charge < -0.3 is 37.6 Å². The first-order valence-corrected chi connectivity index (χ1v) is 23.1. The first-order chi connectivity index (χ1) is 33.5. The number of furan rings is 1. The van der Waals surface area contributed by atoms with Crippen molar-refractivity contribution >= 4 is 87.5 Å². The van der Waals surface area contributed by atoms with Crippen LogP contribution < -0.4 is 19.3 Å². The van der Waals surface area contributed by atoms with Crippen molar-refractivity contribution in [1.29, 1.82) is 0 Å². The first kappa shape index (κ1) is 52.9. The van der Waals surface area contributed by atoms with Crippen molar-refractivity contribution in [2.45, 2.75) is 59.3 Å². The summed E-state index contributed by atoms with van der Waals surface area (Å²) in [4.78, 5) is 106. The van der Waals surface area contributed by atoms with Gasteiger partial charge in [0.25, 0.3) is 27.7 Å². The molecular formula is C42H46ClN9O17S. The summed E-state index contributed by atoms with van der Waals surface area (Å²) in [7, 11) is -4.63. The van der Waals surface area contributed by atoms with Crippen molar-refractivity contribution in [3.8, 4) is 17.3 Å². The number of aryl methyl sites for hydroxylation is 1. The van der Waals surface area contributed by atoms with Gasteiger partial charge in [0.2, 0.25) is 11.8 Å². The van der Waals surface area contributed by atoms with Gasteiger partial charge in [-0.25, -0.2) is 42.1 Å². The molecule has 0 saturated carbocycles. The third-order valence-corrected chi connectivity index (χ3v) is 10.6. The zero-order valence-corrected chi connectivity index (χ0v) is 39.9. The van der Waals surface area contributed by atoms with Gasteiger partial charge in [-0.15, -0.1) is 14.9 Å². The van der Waals surface area contributed by atoms with E-state index in [4.69, 9.17) is 49.2 Å². The molecule has 6 amide bonds. The number of benzene rings is 2. The Labute approximate surface area is 403 Å². The fraction of sp³-hybridized carbons (Fsp3) is 0.357. The molecule has 0 atom stereocenters. The summed E-state index contributed by atoms with van der Waals surface area (Å²) in [6, 6.07) is 10.7. The number of anilines is 3. The number of ether oxygens (including phenoxy) is 7. The van der Waals surface area contributed by atoms with Crippen molar-refractivity contribution in [3.63, 3.8) is 0 Å². The minimum absolute atomic E-state index is 0.00520. The molecule has 0 radical (unpaired) electrons. The standard InChI is InChI=1S/C42H46ClN9O17S/c1-7-62-37(54)49(34-45-35-44-32(30-16-14-22-68-30)47-52(35)36(46-34)51(40(57)65-10-4)41(58)66-11-5)21-13-15-25-17-19-26(20-18-25)48-70(60,61)27-23-28(31(29(43)24-27)69-42(59)67-12-6)33(53)50(38(55)63-8-2)39(56)64-9-3/h14,16-20,22-24,48H,7-13,15,21H2,1-6H3. The zero-order valence-electron chi connectivity index (χ0n) is 38.4. The van der Waals surface area contributed by atoms with E-state index in [0.717, 1.165) is 21.5 Å². The highest BCUT2D eigenvalue weighted by Gasteiger charge is 2.37. The topological polar surface area (TPSA) is 309 Å². The lowest BCUT2D eigenvalue weighted by atomic mass is 10.1. The number of carbonyl (C=O) groups excluding carboxylic acids is 7. The van der Waals surface area contributed by atoms with Gasteiger partial charge in [-0.2, -0.15) is 19.5 Å². The van der Waals surface area contributed by atoms with Crippen molar-refractivity contribution in [1.82, 2.24) is 29.5 Å². The van der Waals surface area contributed by atoms with Gasteiger partial charge in [0.15, 0.2) is 11.5 Å². The van der Waals surface area contributed by atoms with E-state index in [9.17, 15) is 42.0 Å². The second kappa shape index (κ2) is 24.3. The largest absolute Gasteiger partial charge is 0.513 e. The van der Waals surface area contributed by atoms with E-state index in [1.54, 1.807) is 31.2 Å². The normalized spacial score (nSPS) is 11.0. The predicted molar refractivity (Wildman–Crippen MR) is 242 cm³/mol. The highest BCUT2D eigenvalue weighted by atomic mass is 35.5. The van der Waals surface area contributed by atoms with Gasteiger partial charge in [0.05, 0.1) is 61.4 Å². The average molecular weight is 1020 g/mol. The number of sulfonamides is 1. The molecule has 0 saturated heterocycles. The molecule has 0 unspecified atom stereocenters. The van der Waals surface area contributed by atoms with Crippen LogP contribution in [0.5, 0.6) is 5.75 Å². The second-order valence-corrected chi connectivity index (χ2v) is 15.6. The van der Waals surface area contributed by atoms with Crippen LogP contribution in [0.4, 0.5) is 46.4 Å². The monoisotopic (exact) mass is 1020 g/mol. The molecule has 0 aliphatic rings. The molecule has 3 aromatic heterocycles. The summed E-state index contributed by atoms with van der Waals surface area (Å²) in [6.07, 6.45) is -5.69. The molecule has 5 rings (SSSR count). The average Bonchev–Trinajstić information content (AvgIpc) is 4.01. The highest BCUT2D eigenvalue weighted by Crippen LogP contribution is 2.35. The summed E-state index contributed by atoms with van der Waals surface area (Å²) >= 11 is 6.38. The van der Waals surface area contributed by atoms with E-state index in [0.29, 0.717) is 10.5 Å². The van der Waals surface area contributed by atoms with Crippen molar-refractivity contribution in [2.24, 2.45) is 0 Å². The summed E-state index contributed by atoms with van der Waals surface area (Å²) in [5.41, 5.74) is -0.155. The Balaban J connectivity index is 1.42. The number of aromatic nitrogens is 5. The molecule has 2 aromatic carbocycles. The Morgan fingerprint density at radius 3 is 1.89 bits per heavy atom. The number of nitrogens with one attached hydrogen (secondary N) is 1. The van der Waals surface area contributed by atoms with E-state index in [2.05, 4.69) is 24.8 Å². The lowest BCUT2D eigenvalue weighted by molar-refractivity contribution is 0.0594. The lowest BCUT2D eigenvalue weighted by Crippen LogP contribution is -2.43. The minimum Gasteiger partial charge on any atom is -0.461 e. The number of rotatable bonds is 18. The molecule has 3 heterocycles. The van der Waals surface area contributed by atoms with Crippen LogP contribution >= 0.6 is 11.6 Å². The van der Waals surface area contributed by atoms with Gasteiger partial charge in [-0.1, -0.05) is 23.7 Å². The van der Waals surface area contributed by atoms with Crippen LogP contribution in [0.15, 0.2) is 64.1 Å². The molecule has 374 valence electrons. The Morgan fingerprint density at radius 1 is 0.729 bits per heavy atom. The third-order valence-electron chi connectivity index (χ3n) is 8.91. The van der Waals surface area contributed by atoms with Crippen LogP contribution in [0.3, 0.4) is 0 Å². The fourth-order valence-electron chi connectivity index (χ4n) is 5.97. The number of nitrogens with zero attached hydrogens (tertiary/aromatic N) is 8.